The van der Waals surface area contributed by atoms with Crippen molar-refractivity contribution in [2.24, 2.45) is 16.1 Å². The molecule has 0 spiro atoms. The lowest BCUT2D eigenvalue weighted by Gasteiger charge is -2.13. The summed E-state index contributed by atoms with van der Waals surface area (Å²) in [5.74, 6) is 0.830. The third-order valence-electron chi connectivity index (χ3n) is 7.19. The number of ether oxygens (including phenoxy) is 1. The summed E-state index contributed by atoms with van der Waals surface area (Å²) in [4.78, 5) is 11.9. The van der Waals surface area contributed by atoms with E-state index in [-0.39, 0.29) is 11.7 Å². The van der Waals surface area contributed by atoms with Gasteiger partial charge in [-0.3, -0.25) is 4.79 Å². The molecule has 2 aromatic rings. The van der Waals surface area contributed by atoms with E-state index in [1.165, 1.54) is 44.1 Å². The van der Waals surface area contributed by atoms with E-state index in [1.54, 1.807) is 0 Å². The number of azo groups is 1. The number of hydrogen-bond acceptors (Lipinski definition) is 5. The van der Waals surface area contributed by atoms with Crippen LogP contribution in [0.3, 0.4) is 0 Å². The molecule has 0 aliphatic rings. The Morgan fingerprint density at radius 1 is 0.763 bits per heavy atom. The Kier molecular flexibility index (Phi) is 16.3. The number of rotatable bonds is 21. The molecule has 0 radical (unpaired) electrons. The average Bonchev–Trinajstić information content (AvgIpc) is 2.95. The van der Waals surface area contributed by atoms with E-state index in [2.05, 4.69) is 29.3 Å². The predicted molar refractivity (Wildman–Crippen MR) is 158 cm³/mol. The minimum absolute atomic E-state index is 0.000423. The van der Waals surface area contributed by atoms with Crippen molar-refractivity contribution in [3.05, 3.63) is 54.1 Å². The van der Waals surface area contributed by atoms with Crippen molar-refractivity contribution < 1.29 is 14.6 Å². The van der Waals surface area contributed by atoms with E-state index in [4.69, 9.17) is 4.74 Å². The normalized spacial score (nSPS) is 13.1. The van der Waals surface area contributed by atoms with Crippen molar-refractivity contribution in [1.29, 1.82) is 0 Å². The molecule has 0 heterocycles. The van der Waals surface area contributed by atoms with Gasteiger partial charge in [-0.05, 0) is 74.1 Å². The highest BCUT2D eigenvalue weighted by Gasteiger charge is 2.19. The van der Waals surface area contributed by atoms with Crippen LogP contribution >= 0.6 is 0 Å². The van der Waals surface area contributed by atoms with Crippen molar-refractivity contribution in [2.75, 3.05) is 6.61 Å². The Labute approximate surface area is 231 Å². The molecule has 0 amide bonds. The Hall–Kier alpha value is -2.53. The van der Waals surface area contributed by atoms with Crippen LogP contribution in [-0.4, -0.2) is 23.6 Å². The zero-order chi connectivity index (χ0) is 27.4. The highest BCUT2D eigenvalue weighted by atomic mass is 16.5. The van der Waals surface area contributed by atoms with Gasteiger partial charge in [0.1, 0.15) is 11.9 Å². The molecular weight excluding hydrogens is 472 g/mol. The van der Waals surface area contributed by atoms with Crippen LogP contribution in [-0.2, 0) is 11.2 Å². The van der Waals surface area contributed by atoms with Gasteiger partial charge in [0.25, 0.3) is 0 Å². The van der Waals surface area contributed by atoms with Gasteiger partial charge >= 0.3 is 0 Å². The summed E-state index contributed by atoms with van der Waals surface area (Å²) >= 11 is 0. The monoisotopic (exact) mass is 522 g/mol. The molecule has 0 fully saturated rings. The van der Waals surface area contributed by atoms with Gasteiger partial charge in [-0.2, -0.15) is 10.2 Å². The molecule has 0 saturated heterocycles. The molecule has 1 N–H and O–H groups in total. The molecule has 0 aromatic heterocycles. The molecule has 5 heteroatoms. The maximum atomic E-state index is 11.9. The van der Waals surface area contributed by atoms with Gasteiger partial charge in [0.15, 0.2) is 5.78 Å². The molecule has 210 valence electrons. The van der Waals surface area contributed by atoms with E-state index in [1.807, 2.05) is 50.2 Å². The molecular formula is C33H50N2O3. The summed E-state index contributed by atoms with van der Waals surface area (Å²) in [6.07, 6.45) is 14.6. The molecule has 0 bridgehead atoms. The van der Waals surface area contributed by atoms with Crippen LogP contribution < -0.4 is 4.74 Å². The minimum Gasteiger partial charge on any atom is -0.494 e. The van der Waals surface area contributed by atoms with Gasteiger partial charge in [-0.15, -0.1) is 0 Å². The third-order valence-corrected chi connectivity index (χ3v) is 7.19. The summed E-state index contributed by atoms with van der Waals surface area (Å²) in [6.45, 7) is 6.84. The Morgan fingerprint density at radius 2 is 1.32 bits per heavy atom. The average molecular weight is 523 g/mol. The Morgan fingerprint density at radius 3 is 1.92 bits per heavy atom. The summed E-state index contributed by atoms with van der Waals surface area (Å²) in [6, 6.07) is 16.2. The molecule has 0 saturated carbocycles. The fraction of sp³-hybridized carbons (Fsp3) is 0.606. The van der Waals surface area contributed by atoms with Gasteiger partial charge in [-0.25, -0.2) is 0 Å². The zero-order valence-electron chi connectivity index (χ0n) is 24.0. The maximum Gasteiger partial charge on any atom is 0.164 e. The van der Waals surface area contributed by atoms with E-state index in [0.29, 0.717) is 6.42 Å². The van der Waals surface area contributed by atoms with Crippen LogP contribution in [0.15, 0.2) is 58.8 Å². The SMILES string of the molecule is CCCCCCc1ccc(/N=N/c2ccc(OCCCCCCCCCC(O)C(=O)C(C)CC)cc2)cc1. The van der Waals surface area contributed by atoms with Crippen molar-refractivity contribution in [3.8, 4) is 5.75 Å². The summed E-state index contributed by atoms with van der Waals surface area (Å²) in [5.41, 5.74) is 3.05. The van der Waals surface area contributed by atoms with Gasteiger partial charge in [0.05, 0.1) is 18.0 Å². The number of aliphatic hydroxyl groups is 1. The third kappa shape index (κ3) is 13.3. The highest BCUT2D eigenvalue weighted by molar-refractivity contribution is 5.84. The largest absolute Gasteiger partial charge is 0.494 e. The fourth-order valence-corrected chi connectivity index (χ4v) is 4.40. The van der Waals surface area contributed by atoms with Crippen LogP contribution in [0.4, 0.5) is 11.4 Å². The summed E-state index contributed by atoms with van der Waals surface area (Å²) < 4.78 is 5.87. The van der Waals surface area contributed by atoms with Gasteiger partial charge in [0, 0.05) is 5.92 Å². The smallest absolute Gasteiger partial charge is 0.164 e. The molecule has 2 unspecified atom stereocenters. The summed E-state index contributed by atoms with van der Waals surface area (Å²) in [5, 5.41) is 18.7. The predicted octanol–water partition coefficient (Wildman–Crippen LogP) is 9.70. The maximum absolute atomic E-state index is 11.9. The number of benzene rings is 2. The van der Waals surface area contributed by atoms with Crippen molar-refractivity contribution in [3.63, 3.8) is 0 Å². The van der Waals surface area contributed by atoms with Crippen LogP contribution in [0.25, 0.3) is 0 Å². The lowest BCUT2D eigenvalue weighted by molar-refractivity contribution is -0.131. The first kappa shape index (κ1) is 31.7. The lowest BCUT2D eigenvalue weighted by Crippen LogP contribution is -2.26. The molecule has 2 atom stereocenters. The molecule has 0 aliphatic carbocycles. The number of aryl methyl sites for hydroxylation is 1. The second kappa shape index (κ2) is 19.5. The standard InChI is InChI=1S/C33H50N2O3/c1-4-6-7-13-16-28-18-20-29(21-19-28)34-35-30-22-24-31(25-23-30)38-26-15-12-10-8-9-11-14-17-32(36)33(37)27(3)5-2/h18-25,27,32,36H,4-17,26H2,1-3H3/b35-34+. The number of ketones is 1. The highest BCUT2D eigenvalue weighted by Crippen LogP contribution is 2.22. The number of hydrogen-bond donors (Lipinski definition) is 1. The Balaban J connectivity index is 1.53. The molecule has 38 heavy (non-hydrogen) atoms. The van der Waals surface area contributed by atoms with E-state index in [9.17, 15) is 9.90 Å². The summed E-state index contributed by atoms with van der Waals surface area (Å²) in [7, 11) is 0. The van der Waals surface area contributed by atoms with Crippen LogP contribution in [0.2, 0.25) is 0 Å². The van der Waals surface area contributed by atoms with E-state index >= 15 is 0 Å². The molecule has 0 aliphatic heterocycles. The van der Waals surface area contributed by atoms with Crippen molar-refractivity contribution >= 4 is 17.2 Å². The van der Waals surface area contributed by atoms with Gasteiger partial charge in [0.2, 0.25) is 0 Å². The lowest BCUT2D eigenvalue weighted by atomic mass is 9.96. The van der Waals surface area contributed by atoms with Crippen LogP contribution in [0.1, 0.15) is 110 Å². The van der Waals surface area contributed by atoms with E-state index in [0.717, 1.165) is 68.7 Å². The van der Waals surface area contributed by atoms with Gasteiger partial charge < -0.3 is 9.84 Å². The number of carbonyl (C=O) groups is 1. The van der Waals surface area contributed by atoms with Crippen molar-refractivity contribution in [2.45, 2.75) is 117 Å². The number of Topliss-reactive ketones (excluding diaryl/α,β-unsaturated/α-hetero) is 1. The minimum atomic E-state index is -0.777. The van der Waals surface area contributed by atoms with E-state index < -0.39 is 6.10 Å². The molecule has 2 aromatic carbocycles. The number of aliphatic hydroxyl groups excluding tert-OH is 1. The number of nitrogens with zero attached hydrogens (tertiary/aromatic N) is 2. The Bertz CT molecular complexity index is 909. The first-order chi connectivity index (χ1) is 18.5. The first-order valence-electron chi connectivity index (χ1n) is 15.0. The topological polar surface area (TPSA) is 71.2 Å². The quantitative estimate of drug-likeness (QED) is 0.131. The zero-order valence-corrected chi connectivity index (χ0v) is 24.0. The molecule has 5 nitrogen and oxygen atoms in total. The first-order valence-corrected chi connectivity index (χ1v) is 15.0. The van der Waals surface area contributed by atoms with Crippen LogP contribution in [0, 0.1) is 5.92 Å². The fourth-order valence-electron chi connectivity index (χ4n) is 4.40. The van der Waals surface area contributed by atoms with Gasteiger partial charge in [-0.1, -0.05) is 90.7 Å². The molecule has 2 rings (SSSR count). The van der Waals surface area contributed by atoms with Crippen molar-refractivity contribution in [1.82, 2.24) is 0 Å². The number of carbonyl (C=O) groups excluding carboxylic acids is 1. The number of unbranched alkanes of at least 4 members (excludes halogenated alkanes) is 9. The van der Waals surface area contributed by atoms with Crippen LogP contribution in [0.5, 0.6) is 5.75 Å². The second-order valence-corrected chi connectivity index (χ2v) is 10.5. The second-order valence-electron chi connectivity index (χ2n) is 10.5.